The predicted octanol–water partition coefficient (Wildman–Crippen LogP) is 4.09. The summed E-state index contributed by atoms with van der Waals surface area (Å²) in [4.78, 5) is 30.6. The standard InChI is InChI=1S/C48H56N2O15/c1-61-35-17-29-23-46(57,44(55)32(29)19-37(35)63-3)21-27-9-13-49(14-10-27)25-34-39(51)41(53)43(42(54)40(34)52)65-26-64-38-20-33-30(18-36(38)62-2)24-47(58,45(33)56)22-28-11-15-50(16-12-28)48(59,60)31-7-5-4-6-8-31/h4-8,17-20,27-28,51-54,57-60H,9-16,21-26H2,1-3H3. The molecule has 8 rings (SSSR count). The average Bonchev–Trinajstić information content (AvgIpc) is 3.70. The highest BCUT2D eigenvalue weighted by molar-refractivity contribution is 6.08. The Morgan fingerprint density at radius 2 is 1.09 bits per heavy atom. The molecule has 2 aliphatic carbocycles. The van der Waals surface area contributed by atoms with E-state index in [9.17, 15) is 50.4 Å². The van der Waals surface area contributed by atoms with Crippen LogP contribution in [0.3, 0.4) is 0 Å². The first-order valence-electron chi connectivity index (χ1n) is 21.7. The minimum atomic E-state index is -2.14. The summed E-state index contributed by atoms with van der Waals surface area (Å²) < 4.78 is 27.5. The van der Waals surface area contributed by atoms with Crippen LogP contribution in [0, 0.1) is 11.8 Å². The lowest BCUT2D eigenvalue weighted by Crippen LogP contribution is -2.50. The maximum atomic E-state index is 13.7. The minimum Gasteiger partial charge on any atom is -0.504 e. The van der Waals surface area contributed by atoms with Gasteiger partial charge in [0.05, 0.1) is 26.9 Å². The van der Waals surface area contributed by atoms with E-state index in [0.29, 0.717) is 85.6 Å². The molecule has 2 atom stereocenters. The molecule has 2 unspecified atom stereocenters. The van der Waals surface area contributed by atoms with Crippen LogP contribution in [0.5, 0.6) is 51.7 Å². The van der Waals surface area contributed by atoms with Crippen molar-refractivity contribution in [3.05, 3.63) is 88.0 Å². The molecular weight excluding hydrogens is 845 g/mol. The fourth-order valence-electron chi connectivity index (χ4n) is 10.1. The second-order valence-corrected chi connectivity index (χ2v) is 17.8. The third-order valence-electron chi connectivity index (χ3n) is 13.7. The third kappa shape index (κ3) is 8.59. The van der Waals surface area contributed by atoms with Crippen molar-refractivity contribution in [3.8, 4) is 51.7 Å². The highest BCUT2D eigenvalue weighted by Crippen LogP contribution is 2.52. The van der Waals surface area contributed by atoms with E-state index in [0.717, 1.165) is 0 Å². The molecule has 4 aliphatic rings. The Hall–Kier alpha value is -5.82. The number of benzene rings is 4. The summed E-state index contributed by atoms with van der Waals surface area (Å²) >= 11 is 0. The van der Waals surface area contributed by atoms with Gasteiger partial charge in [-0.3, -0.25) is 14.5 Å². The Labute approximate surface area is 375 Å². The largest absolute Gasteiger partial charge is 0.504 e. The summed E-state index contributed by atoms with van der Waals surface area (Å²) in [7, 11) is 4.38. The van der Waals surface area contributed by atoms with Crippen LogP contribution < -0.4 is 23.7 Å². The highest BCUT2D eigenvalue weighted by atomic mass is 16.7. The summed E-state index contributed by atoms with van der Waals surface area (Å²) in [5, 5.41) is 88.9. The molecule has 17 nitrogen and oxygen atoms in total. The number of carbonyl (C=O) groups is 2. The number of aliphatic hydroxyl groups is 4. The number of piperidine rings is 2. The van der Waals surface area contributed by atoms with E-state index < -0.39 is 58.4 Å². The smallest absolute Gasteiger partial charge is 0.253 e. The van der Waals surface area contributed by atoms with Gasteiger partial charge in [-0.25, -0.2) is 4.90 Å². The lowest BCUT2D eigenvalue weighted by Gasteiger charge is -2.41. The lowest BCUT2D eigenvalue weighted by atomic mass is 9.82. The predicted molar refractivity (Wildman–Crippen MR) is 232 cm³/mol. The molecule has 0 amide bonds. The van der Waals surface area contributed by atoms with Gasteiger partial charge in [0.1, 0.15) is 11.2 Å². The van der Waals surface area contributed by atoms with E-state index in [-0.39, 0.29) is 72.5 Å². The number of nitrogens with zero attached hydrogens (tertiary/aromatic N) is 2. The molecule has 0 bridgehead atoms. The van der Waals surface area contributed by atoms with Crippen LogP contribution in [0.2, 0.25) is 0 Å². The number of ketones is 2. The topological polar surface area (TPSA) is 249 Å². The molecule has 0 aromatic heterocycles. The Morgan fingerprint density at radius 1 is 0.631 bits per heavy atom. The number of rotatable bonds is 15. The van der Waals surface area contributed by atoms with Gasteiger partial charge in [0.15, 0.2) is 46.1 Å². The number of aromatic hydroxyl groups is 4. The molecule has 4 aromatic rings. The normalized spacial score (nSPS) is 21.9. The van der Waals surface area contributed by atoms with Crippen LogP contribution in [0.1, 0.15) is 81.5 Å². The zero-order valence-corrected chi connectivity index (χ0v) is 36.6. The van der Waals surface area contributed by atoms with Gasteiger partial charge in [0.25, 0.3) is 5.91 Å². The van der Waals surface area contributed by atoms with Crippen LogP contribution in [0.4, 0.5) is 0 Å². The summed E-state index contributed by atoms with van der Waals surface area (Å²) in [5.74, 6) is -5.63. The first-order valence-corrected chi connectivity index (χ1v) is 21.7. The monoisotopic (exact) mass is 900 g/mol. The second-order valence-electron chi connectivity index (χ2n) is 17.8. The Balaban J connectivity index is 0.855. The van der Waals surface area contributed by atoms with E-state index in [1.807, 2.05) is 4.90 Å². The molecule has 65 heavy (non-hydrogen) atoms. The highest BCUT2D eigenvalue weighted by Gasteiger charge is 2.48. The molecule has 4 aromatic carbocycles. The average molecular weight is 901 g/mol. The first-order chi connectivity index (χ1) is 31.0. The summed E-state index contributed by atoms with van der Waals surface area (Å²) in [6.07, 6.45) is 2.87. The van der Waals surface area contributed by atoms with Gasteiger partial charge in [-0.15, -0.1) is 0 Å². The number of methoxy groups -OCH3 is 3. The zero-order valence-electron chi connectivity index (χ0n) is 36.6. The number of phenols is 4. The van der Waals surface area contributed by atoms with E-state index in [2.05, 4.69) is 0 Å². The van der Waals surface area contributed by atoms with E-state index in [4.69, 9.17) is 23.7 Å². The number of likely N-dealkylation sites (tertiary alicyclic amines) is 2. The van der Waals surface area contributed by atoms with Crippen molar-refractivity contribution in [1.29, 1.82) is 0 Å². The van der Waals surface area contributed by atoms with Gasteiger partial charge in [-0.2, -0.15) is 0 Å². The van der Waals surface area contributed by atoms with Gasteiger partial charge in [-0.05, 0) is 98.8 Å². The van der Waals surface area contributed by atoms with Crippen LogP contribution >= 0.6 is 0 Å². The SMILES string of the molecule is COc1cc2c(cc1OC)C(=O)C(O)(CC1CCN(Cc3c(O)c(O)c(OCOc4cc5c(cc4OC)CC(O)(CC4CCN(C(O)(O)c6ccccc6)CC4)C5=O)c(O)c3O)CC1)C2. The van der Waals surface area contributed by atoms with Gasteiger partial charge < -0.3 is 64.5 Å². The fourth-order valence-corrected chi connectivity index (χ4v) is 10.1. The molecule has 2 aliphatic heterocycles. The van der Waals surface area contributed by atoms with Gasteiger partial charge in [0.2, 0.25) is 24.0 Å². The van der Waals surface area contributed by atoms with Crippen LogP contribution in [-0.4, -0.2) is 128 Å². The van der Waals surface area contributed by atoms with Crippen LogP contribution in [0.25, 0.3) is 0 Å². The molecule has 2 heterocycles. The van der Waals surface area contributed by atoms with Crippen molar-refractivity contribution in [2.75, 3.05) is 54.3 Å². The number of Topliss-reactive ketones (excluding diaryl/α,β-unsaturated/α-hetero) is 2. The number of hydrogen-bond donors (Lipinski definition) is 8. The maximum absolute atomic E-state index is 13.7. The molecule has 17 heteroatoms. The molecule has 348 valence electrons. The van der Waals surface area contributed by atoms with Crippen LogP contribution in [0.15, 0.2) is 54.6 Å². The summed E-state index contributed by atoms with van der Waals surface area (Å²) in [6.45, 7) is 0.940. The lowest BCUT2D eigenvalue weighted by molar-refractivity contribution is -0.281. The first kappa shape index (κ1) is 45.7. The Morgan fingerprint density at radius 3 is 1.60 bits per heavy atom. The molecular formula is C48H56N2O15. The molecule has 0 radical (unpaired) electrons. The summed E-state index contributed by atoms with van der Waals surface area (Å²) in [6, 6.07) is 14.9. The molecule has 2 fully saturated rings. The van der Waals surface area contributed by atoms with Gasteiger partial charge in [-0.1, -0.05) is 30.3 Å². The van der Waals surface area contributed by atoms with Crippen molar-refractivity contribution < 1.29 is 74.1 Å². The summed E-state index contributed by atoms with van der Waals surface area (Å²) in [5.41, 5.74) is -1.18. The van der Waals surface area contributed by atoms with Gasteiger partial charge >= 0.3 is 0 Å². The second kappa shape index (κ2) is 17.9. The minimum absolute atomic E-state index is 0.00117. The molecule has 0 saturated carbocycles. The molecule has 0 spiro atoms. The van der Waals surface area contributed by atoms with Crippen LogP contribution in [-0.2, 0) is 25.3 Å². The van der Waals surface area contributed by atoms with Crippen molar-refractivity contribution >= 4 is 11.6 Å². The number of ether oxygens (including phenoxy) is 5. The quantitative estimate of drug-likeness (QED) is 0.0476. The number of fused-ring (bicyclic) bond motifs is 2. The van der Waals surface area contributed by atoms with Crippen molar-refractivity contribution in [3.63, 3.8) is 0 Å². The Kier molecular flexibility index (Phi) is 12.6. The number of hydrogen-bond acceptors (Lipinski definition) is 17. The Bertz CT molecular complexity index is 2420. The van der Waals surface area contributed by atoms with E-state index in [1.165, 1.54) is 27.4 Å². The zero-order chi connectivity index (χ0) is 46.4. The third-order valence-corrected chi connectivity index (χ3v) is 13.7. The fraction of sp³-hybridized carbons (Fsp3) is 0.458. The number of carbonyl (C=O) groups excluding carboxylic acids is 2. The molecule has 8 N–H and O–H groups in total. The van der Waals surface area contributed by atoms with Crippen molar-refractivity contribution in [2.45, 2.75) is 75.0 Å². The van der Waals surface area contributed by atoms with Crippen molar-refractivity contribution in [2.24, 2.45) is 11.8 Å². The van der Waals surface area contributed by atoms with E-state index in [1.54, 1.807) is 53.4 Å². The molecule has 2 saturated heterocycles. The van der Waals surface area contributed by atoms with Crippen molar-refractivity contribution in [1.82, 2.24) is 9.80 Å². The van der Waals surface area contributed by atoms with E-state index >= 15 is 0 Å². The van der Waals surface area contributed by atoms with Gasteiger partial charge in [0, 0.05) is 49.2 Å². The maximum Gasteiger partial charge on any atom is 0.253 e. The number of phenolic OH excluding ortho intramolecular Hbond substituents is 4.